The second kappa shape index (κ2) is 7.75. The summed E-state index contributed by atoms with van der Waals surface area (Å²) in [5.74, 6) is 1.61. The minimum atomic E-state index is 0.758. The molecule has 0 radical (unpaired) electrons. The lowest BCUT2D eigenvalue weighted by atomic mass is 10.0. The topological polar surface area (TPSA) is 41.1 Å². The van der Waals surface area contributed by atoms with Gasteiger partial charge in [0.2, 0.25) is 5.95 Å². The molecule has 2 aromatic carbocycles. The first-order chi connectivity index (χ1) is 12.8. The molecule has 0 fully saturated rings. The standard InChI is InChI=1S/C21H21ClN4/c22-18-9-7-16(8-10-18)11-13-23-20-12-14-24-21(25-20)26-15-3-5-17-4-1-2-6-19(17)26/h1-2,4,6-10,12,14H,3,5,11,13,15H2,(H,23,24,25). The van der Waals surface area contributed by atoms with Gasteiger partial charge in [-0.05, 0) is 54.7 Å². The van der Waals surface area contributed by atoms with Crippen LogP contribution < -0.4 is 10.2 Å². The van der Waals surface area contributed by atoms with Gasteiger partial charge in [0.1, 0.15) is 5.82 Å². The van der Waals surface area contributed by atoms with E-state index in [1.807, 2.05) is 24.4 Å². The van der Waals surface area contributed by atoms with Gasteiger partial charge in [-0.3, -0.25) is 0 Å². The van der Waals surface area contributed by atoms with Crippen LogP contribution in [0.4, 0.5) is 17.5 Å². The van der Waals surface area contributed by atoms with Crippen molar-refractivity contribution in [2.75, 3.05) is 23.3 Å². The van der Waals surface area contributed by atoms with Crippen molar-refractivity contribution in [2.45, 2.75) is 19.3 Å². The molecule has 5 heteroatoms. The van der Waals surface area contributed by atoms with Crippen molar-refractivity contribution >= 4 is 29.1 Å². The molecule has 2 heterocycles. The van der Waals surface area contributed by atoms with Crippen LogP contribution in [0.15, 0.2) is 60.8 Å². The van der Waals surface area contributed by atoms with Gasteiger partial charge < -0.3 is 10.2 Å². The van der Waals surface area contributed by atoms with E-state index in [1.165, 1.54) is 16.8 Å². The first-order valence-electron chi connectivity index (χ1n) is 8.96. The molecule has 4 rings (SSSR count). The van der Waals surface area contributed by atoms with E-state index in [-0.39, 0.29) is 0 Å². The molecule has 0 unspecified atom stereocenters. The van der Waals surface area contributed by atoms with Crippen LogP contribution in [0.3, 0.4) is 0 Å². The second-order valence-electron chi connectivity index (χ2n) is 6.43. The number of benzene rings is 2. The minimum absolute atomic E-state index is 0.758. The summed E-state index contributed by atoms with van der Waals surface area (Å²) in [7, 11) is 0. The smallest absolute Gasteiger partial charge is 0.231 e. The first-order valence-corrected chi connectivity index (χ1v) is 9.34. The van der Waals surface area contributed by atoms with Crippen LogP contribution >= 0.6 is 11.6 Å². The maximum Gasteiger partial charge on any atom is 0.231 e. The van der Waals surface area contributed by atoms with Crippen molar-refractivity contribution < 1.29 is 0 Å². The lowest BCUT2D eigenvalue weighted by Crippen LogP contribution is -2.26. The zero-order chi connectivity index (χ0) is 17.8. The van der Waals surface area contributed by atoms with E-state index >= 15 is 0 Å². The fraction of sp³-hybridized carbons (Fsp3) is 0.238. The molecule has 26 heavy (non-hydrogen) atoms. The maximum absolute atomic E-state index is 5.93. The molecule has 0 saturated heterocycles. The maximum atomic E-state index is 5.93. The molecule has 0 atom stereocenters. The molecule has 1 aliphatic rings. The number of rotatable bonds is 5. The van der Waals surface area contributed by atoms with Crippen molar-refractivity contribution in [3.8, 4) is 0 Å². The van der Waals surface area contributed by atoms with Gasteiger partial charge in [-0.1, -0.05) is 41.9 Å². The summed E-state index contributed by atoms with van der Waals surface area (Å²) in [6.45, 7) is 1.76. The lowest BCUT2D eigenvalue weighted by Gasteiger charge is -2.29. The fourth-order valence-electron chi connectivity index (χ4n) is 3.30. The van der Waals surface area contributed by atoms with Gasteiger partial charge in [-0.2, -0.15) is 4.98 Å². The van der Waals surface area contributed by atoms with Crippen LogP contribution in [-0.2, 0) is 12.8 Å². The van der Waals surface area contributed by atoms with Gasteiger partial charge in [0.05, 0.1) is 0 Å². The molecule has 132 valence electrons. The van der Waals surface area contributed by atoms with Crippen LogP contribution in [0.2, 0.25) is 5.02 Å². The Hall–Kier alpha value is -2.59. The summed E-state index contributed by atoms with van der Waals surface area (Å²) < 4.78 is 0. The molecule has 0 saturated carbocycles. The Kier molecular flexibility index (Phi) is 5.02. The van der Waals surface area contributed by atoms with E-state index < -0.39 is 0 Å². The van der Waals surface area contributed by atoms with E-state index in [2.05, 4.69) is 51.6 Å². The Morgan fingerprint density at radius 1 is 1.04 bits per heavy atom. The Labute approximate surface area is 158 Å². The van der Waals surface area contributed by atoms with E-state index in [0.717, 1.165) is 49.1 Å². The monoisotopic (exact) mass is 364 g/mol. The van der Waals surface area contributed by atoms with E-state index in [0.29, 0.717) is 0 Å². The van der Waals surface area contributed by atoms with Crippen molar-refractivity contribution in [1.82, 2.24) is 9.97 Å². The zero-order valence-electron chi connectivity index (χ0n) is 14.5. The third-order valence-corrected chi connectivity index (χ3v) is 4.88. The van der Waals surface area contributed by atoms with Crippen molar-refractivity contribution in [2.24, 2.45) is 0 Å². The molecule has 0 amide bonds. The Bertz CT molecular complexity index is 879. The normalized spacial score (nSPS) is 13.3. The number of hydrogen-bond donors (Lipinski definition) is 1. The molecule has 4 nitrogen and oxygen atoms in total. The highest BCUT2D eigenvalue weighted by molar-refractivity contribution is 6.30. The Balaban J connectivity index is 1.45. The van der Waals surface area contributed by atoms with E-state index in [4.69, 9.17) is 16.6 Å². The summed E-state index contributed by atoms with van der Waals surface area (Å²) in [6.07, 6.45) is 4.98. The van der Waals surface area contributed by atoms with Gasteiger partial charge in [-0.15, -0.1) is 0 Å². The Morgan fingerprint density at radius 2 is 1.88 bits per heavy atom. The first kappa shape index (κ1) is 16.9. The Morgan fingerprint density at radius 3 is 2.77 bits per heavy atom. The van der Waals surface area contributed by atoms with Gasteiger partial charge in [0.15, 0.2) is 0 Å². The van der Waals surface area contributed by atoms with Crippen LogP contribution in [0.1, 0.15) is 17.5 Å². The fourth-order valence-corrected chi connectivity index (χ4v) is 3.43. The number of fused-ring (bicyclic) bond motifs is 1. The highest BCUT2D eigenvalue weighted by atomic mass is 35.5. The van der Waals surface area contributed by atoms with Gasteiger partial charge >= 0.3 is 0 Å². The third-order valence-electron chi connectivity index (χ3n) is 4.63. The molecule has 0 aliphatic carbocycles. The number of nitrogens with one attached hydrogen (secondary N) is 1. The van der Waals surface area contributed by atoms with Gasteiger partial charge in [0, 0.05) is 30.0 Å². The number of nitrogens with zero attached hydrogens (tertiary/aromatic N) is 3. The minimum Gasteiger partial charge on any atom is -0.370 e. The molecule has 1 aromatic heterocycles. The molecule has 1 aliphatic heterocycles. The van der Waals surface area contributed by atoms with Gasteiger partial charge in [-0.25, -0.2) is 4.98 Å². The average Bonchev–Trinajstić information content (AvgIpc) is 2.69. The van der Waals surface area contributed by atoms with Crippen LogP contribution in [0, 0.1) is 0 Å². The van der Waals surface area contributed by atoms with Crippen LogP contribution in [0.25, 0.3) is 0 Å². The predicted molar refractivity (Wildman–Crippen MR) is 107 cm³/mol. The number of aryl methyl sites for hydroxylation is 1. The highest BCUT2D eigenvalue weighted by Gasteiger charge is 2.19. The van der Waals surface area contributed by atoms with Crippen LogP contribution in [0.5, 0.6) is 0 Å². The largest absolute Gasteiger partial charge is 0.370 e. The number of aromatic nitrogens is 2. The quantitative estimate of drug-likeness (QED) is 0.701. The average molecular weight is 365 g/mol. The molecule has 1 N–H and O–H groups in total. The summed E-state index contributed by atoms with van der Waals surface area (Å²) in [4.78, 5) is 11.4. The SMILES string of the molecule is Clc1ccc(CCNc2ccnc(N3CCCc4ccccc43)n2)cc1. The highest BCUT2D eigenvalue weighted by Crippen LogP contribution is 2.31. The summed E-state index contributed by atoms with van der Waals surface area (Å²) in [5, 5.41) is 4.17. The van der Waals surface area contributed by atoms with Gasteiger partial charge in [0.25, 0.3) is 0 Å². The zero-order valence-corrected chi connectivity index (χ0v) is 15.3. The number of hydrogen-bond acceptors (Lipinski definition) is 4. The molecular weight excluding hydrogens is 344 g/mol. The van der Waals surface area contributed by atoms with Crippen molar-refractivity contribution in [3.63, 3.8) is 0 Å². The van der Waals surface area contributed by atoms with Crippen molar-refractivity contribution in [3.05, 3.63) is 76.9 Å². The summed E-state index contributed by atoms with van der Waals surface area (Å²) >= 11 is 5.93. The second-order valence-corrected chi connectivity index (χ2v) is 6.87. The summed E-state index contributed by atoms with van der Waals surface area (Å²) in [6, 6.07) is 18.4. The molecular formula is C21H21ClN4. The van der Waals surface area contributed by atoms with Crippen LogP contribution in [-0.4, -0.2) is 23.1 Å². The number of anilines is 3. The molecule has 3 aromatic rings. The molecule has 0 spiro atoms. The number of halogens is 1. The predicted octanol–water partition coefficient (Wildman–Crippen LogP) is 4.87. The third kappa shape index (κ3) is 3.81. The van der Waals surface area contributed by atoms with E-state index in [1.54, 1.807) is 0 Å². The lowest BCUT2D eigenvalue weighted by molar-refractivity contribution is 0.750. The number of para-hydroxylation sites is 1. The van der Waals surface area contributed by atoms with Crippen molar-refractivity contribution in [1.29, 1.82) is 0 Å². The molecule has 0 bridgehead atoms. The van der Waals surface area contributed by atoms with E-state index in [9.17, 15) is 0 Å². The summed E-state index contributed by atoms with van der Waals surface area (Å²) in [5.41, 5.74) is 3.83.